The van der Waals surface area contributed by atoms with Crippen molar-refractivity contribution < 1.29 is 14.3 Å². The van der Waals surface area contributed by atoms with Crippen molar-refractivity contribution in [3.63, 3.8) is 0 Å². The molecule has 1 atom stereocenters. The number of allylic oxidation sites excluding steroid dienone is 2. The highest BCUT2D eigenvalue weighted by Gasteiger charge is 2.21. The third kappa shape index (κ3) is 2.98. The van der Waals surface area contributed by atoms with Gasteiger partial charge in [0.1, 0.15) is 6.29 Å². The zero-order chi connectivity index (χ0) is 13.7. The summed E-state index contributed by atoms with van der Waals surface area (Å²) in [6.07, 6.45) is 7.10. The van der Waals surface area contributed by atoms with Crippen LogP contribution in [0.2, 0.25) is 0 Å². The molecule has 1 aromatic rings. The Morgan fingerprint density at radius 1 is 1.16 bits per heavy atom. The van der Waals surface area contributed by atoms with Gasteiger partial charge in [0.2, 0.25) is 0 Å². The lowest BCUT2D eigenvalue weighted by molar-refractivity contribution is -0.104. The van der Waals surface area contributed by atoms with Gasteiger partial charge >= 0.3 is 0 Å². The standard InChI is InChI=1S/C16H20O3/c1-18-15-8-7-13(11-16(15)19-2)14-6-4-3-5-12(14)9-10-17/h7-11,14H,3-6H2,1-2H3/b12-9+. The number of rotatable bonds is 4. The van der Waals surface area contributed by atoms with Gasteiger partial charge in [-0.15, -0.1) is 0 Å². The molecule has 19 heavy (non-hydrogen) atoms. The SMILES string of the molecule is COc1ccc(C2CCCC/C2=C\C=O)cc1OC. The van der Waals surface area contributed by atoms with Gasteiger partial charge in [-0.2, -0.15) is 0 Å². The molecule has 1 saturated carbocycles. The Kier molecular flexibility index (Phi) is 4.61. The van der Waals surface area contributed by atoms with Gasteiger partial charge in [0.25, 0.3) is 0 Å². The summed E-state index contributed by atoms with van der Waals surface area (Å²) in [5, 5.41) is 0. The fourth-order valence-electron chi connectivity index (χ4n) is 2.77. The molecule has 0 spiro atoms. The Morgan fingerprint density at radius 2 is 1.95 bits per heavy atom. The molecule has 0 aromatic heterocycles. The largest absolute Gasteiger partial charge is 0.493 e. The van der Waals surface area contributed by atoms with E-state index >= 15 is 0 Å². The van der Waals surface area contributed by atoms with Crippen molar-refractivity contribution in [1.29, 1.82) is 0 Å². The smallest absolute Gasteiger partial charge is 0.161 e. The molecule has 1 aliphatic rings. The Morgan fingerprint density at radius 3 is 2.63 bits per heavy atom. The van der Waals surface area contributed by atoms with E-state index < -0.39 is 0 Å². The average molecular weight is 260 g/mol. The van der Waals surface area contributed by atoms with Crippen LogP contribution in [-0.4, -0.2) is 20.5 Å². The first-order valence-corrected chi connectivity index (χ1v) is 6.66. The summed E-state index contributed by atoms with van der Waals surface area (Å²) in [6, 6.07) is 6.02. The third-order valence-electron chi connectivity index (χ3n) is 3.75. The molecule has 1 unspecified atom stereocenters. The summed E-state index contributed by atoms with van der Waals surface area (Å²) in [7, 11) is 3.28. The Balaban J connectivity index is 2.34. The molecule has 0 aliphatic heterocycles. The first-order valence-electron chi connectivity index (χ1n) is 6.66. The number of methoxy groups -OCH3 is 2. The summed E-state index contributed by atoms with van der Waals surface area (Å²) in [5.41, 5.74) is 2.43. The molecule has 0 heterocycles. The molecule has 0 N–H and O–H groups in total. The maximum Gasteiger partial charge on any atom is 0.161 e. The minimum Gasteiger partial charge on any atom is -0.493 e. The van der Waals surface area contributed by atoms with Crippen LogP contribution >= 0.6 is 0 Å². The van der Waals surface area contributed by atoms with E-state index in [1.165, 1.54) is 24.0 Å². The van der Waals surface area contributed by atoms with Crippen molar-refractivity contribution in [3.8, 4) is 11.5 Å². The van der Waals surface area contributed by atoms with Crippen LogP contribution in [0.25, 0.3) is 0 Å². The fraction of sp³-hybridized carbons (Fsp3) is 0.438. The number of hydrogen-bond acceptors (Lipinski definition) is 3. The van der Waals surface area contributed by atoms with E-state index in [0.717, 1.165) is 30.6 Å². The van der Waals surface area contributed by atoms with Crippen LogP contribution in [0, 0.1) is 0 Å². The minimum absolute atomic E-state index is 0.332. The molecular weight excluding hydrogens is 240 g/mol. The van der Waals surface area contributed by atoms with E-state index in [9.17, 15) is 4.79 Å². The van der Waals surface area contributed by atoms with Crippen molar-refractivity contribution in [2.24, 2.45) is 0 Å². The minimum atomic E-state index is 0.332. The van der Waals surface area contributed by atoms with Crippen molar-refractivity contribution in [1.82, 2.24) is 0 Å². The van der Waals surface area contributed by atoms with E-state index in [-0.39, 0.29) is 0 Å². The van der Waals surface area contributed by atoms with Crippen LogP contribution in [-0.2, 0) is 4.79 Å². The molecule has 0 saturated heterocycles. The monoisotopic (exact) mass is 260 g/mol. The number of benzene rings is 1. The summed E-state index contributed by atoms with van der Waals surface area (Å²) >= 11 is 0. The molecule has 1 fully saturated rings. The fourth-order valence-corrected chi connectivity index (χ4v) is 2.77. The highest BCUT2D eigenvalue weighted by atomic mass is 16.5. The molecule has 0 bridgehead atoms. The van der Waals surface area contributed by atoms with Gasteiger partial charge in [-0.3, -0.25) is 4.79 Å². The Bertz CT molecular complexity index is 477. The Hall–Kier alpha value is -1.77. The summed E-state index contributed by atoms with van der Waals surface area (Å²) in [5.74, 6) is 1.82. The zero-order valence-corrected chi connectivity index (χ0v) is 11.5. The van der Waals surface area contributed by atoms with Gasteiger partial charge in [0.15, 0.2) is 11.5 Å². The van der Waals surface area contributed by atoms with Gasteiger partial charge in [0.05, 0.1) is 14.2 Å². The van der Waals surface area contributed by atoms with Crippen LogP contribution in [0.3, 0.4) is 0 Å². The summed E-state index contributed by atoms with van der Waals surface area (Å²) in [6.45, 7) is 0. The number of carbonyl (C=O) groups excluding carboxylic acids is 1. The average Bonchev–Trinajstić information content (AvgIpc) is 2.47. The van der Waals surface area contributed by atoms with Crippen LogP contribution < -0.4 is 9.47 Å². The molecule has 1 aromatic carbocycles. The van der Waals surface area contributed by atoms with Gasteiger partial charge in [0, 0.05) is 5.92 Å². The molecule has 2 rings (SSSR count). The zero-order valence-electron chi connectivity index (χ0n) is 11.5. The van der Waals surface area contributed by atoms with Crippen LogP contribution in [0.15, 0.2) is 29.8 Å². The molecule has 3 heteroatoms. The lowest BCUT2D eigenvalue weighted by Crippen LogP contribution is -2.09. The van der Waals surface area contributed by atoms with E-state index in [2.05, 4.69) is 6.07 Å². The van der Waals surface area contributed by atoms with Crippen molar-refractivity contribution in [3.05, 3.63) is 35.4 Å². The third-order valence-corrected chi connectivity index (χ3v) is 3.75. The van der Waals surface area contributed by atoms with Gasteiger partial charge in [-0.1, -0.05) is 18.1 Å². The van der Waals surface area contributed by atoms with Crippen LogP contribution in [0.1, 0.15) is 37.2 Å². The lowest BCUT2D eigenvalue weighted by atomic mass is 9.79. The molecule has 3 nitrogen and oxygen atoms in total. The quantitative estimate of drug-likeness (QED) is 0.614. The molecule has 102 valence electrons. The predicted molar refractivity (Wildman–Crippen MR) is 74.9 cm³/mol. The van der Waals surface area contributed by atoms with E-state index in [1.807, 2.05) is 12.1 Å². The normalized spacial score (nSPS) is 21.2. The second-order valence-electron chi connectivity index (χ2n) is 4.79. The van der Waals surface area contributed by atoms with E-state index in [0.29, 0.717) is 5.92 Å². The van der Waals surface area contributed by atoms with Crippen molar-refractivity contribution in [2.75, 3.05) is 14.2 Å². The van der Waals surface area contributed by atoms with Crippen LogP contribution in [0.4, 0.5) is 0 Å². The predicted octanol–water partition coefficient (Wildman–Crippen LogP) is 3.49. The highest BCUT2D eigenvalue weighted by Crippen LogP contribution is 2.40. The van der Waals surface area contributed by atoms with Crippen molar-refractivity contribution in [2.45, 2.75) is 31.6 Å². The maximum absolute atomic E-state index is 10.8. The number of hydrogen-bond donors (Lipinski definition) is 0. The molecule has 1 aliphatic carbocycles. The van der Waals surface area contributed by atoms with Gasteiger partial charge in [-0.05, 0) is 43.0 Å². The van der Waals surface area contributed by atoms with Crippen molar-refractivity contribution >= 4 is 6.29 Å². The van der Waals surface area contributed by atoms with Gasteiger partial charge in [-0.25, -0.2) is 0 Å². The molecular formula is C16H20O3. The summed E-state index contributed by atoms with van der Waals surface area (Å²) < 4.78 is 10.6. The lowest BCUT2D eigenvalue weighted by Gasteiger charge is -2.26. The Labute approximate surface area is 114 Å². The van der Waals surface area contributed by atoms with Gasteiger partial charge < -0.3 is 9.47 Å². The van der Waals surface area contributed by atoms with E-state index in [1.54, 1.807) is 20.3 Å². The first-order chi connectivity index (χ1) is 9.30. The highest BCUT2D eigenvalue weighted by molar-refractivity contribution is 5.67. The topological polar surface area (TPSA) is 35.5 Å². The number of carbonyl (C=O) groups is 1. The molecule has 0 radical (unpaired) electrons. The second-order valence-corrected chi connectivity index (χ2v) is 4.79. The first kappa shape index (κ1) is 13.7. The maximum atomic E-state index is 10.8. The van der Waals surface area contributed by atoms with E-state index in [4.69, 9.17) is 9.47 Å². The second kappa shape index (κ2) is 6.41. The molecule has 0 amide bonds. The van der Waals surface area contributed by atoms with Crippen LogP contribution in [0.5, 0.6) is 11.5 Å². The number of aldehydes is 1. The summed E-state index contributed by atoms with van der Waals surface area (Å²) in [4.78, 5) is 10.8. The number of ether oxygens (including phenoxy) is 2.